The second-order valence-corrected chi connectivity index (χ2v) is 2.61. The van der Waals surface area contributed by atoms with Crippen LogP contribution in [0.15, 0.2) is 17.3 Å². The van der Waals surface area contributed by atoms with Crippen LogP contribution in [0.2, 0.25) is 0 Å². The van der Waals surface area contributed by atoms with Gasteiger partial charge < -0.3 is 9.64 Å². The van der Waals surface area contributed by atoms with E-state index in [0.717, 1.165) is 0 Å². The van der Waals surface area contributed by atoms with Gasteiger partial charge in [-0.3, -0.25) is 0 Å². The minimum absolute atomic E-state index is 0.396. The summed E-state index contributed by atoms with van der Waals surface area (Å²) in [6.07, 6.45) is 3.24. The zero-order valence-electron chi connectivity index (χ0n) is 7.93. The first kappa shape index (κ1) is 9.44. The van der Waals surface area contributed by atoms with Crippen LogP contribution in [0.5, 0.6) is 5.88 Å². The molecule has 0 aliphatic rings. The van der Waals surface area contributed by atoms with Crippen LogP contribution in [0.25, 0.3) is 0 Å². The highest BCUT2D eigenvalue weighted by atomic mass is 16.5. The highest BCUT2D eigenvalue weighted by molar-refractivity contribution is 5.57. The summed E-state index contributed by atoms with van der Waals surface area (Å²) in [6, 6.07) is 1.68. The third kappa shape index (κ3) is 3.06. The molecule has 0 radical (unpaired) electrons. The lowest BCUT2D eigenvalue weighted by atomic mass is 10.6. The van der Waals surface area contributed by atoms with Gasteiger partial charge in [0.1, 0.15) is 0 Å². The number of aromatic nitrogens is 2. The maximum Gasteiger partial charge on any atom is 0.254 e. The van der Waals surface area contributed by atoms with Crippen molar-refractivity contribution in [3.63, 3.8) is 0 Å². The van der Waals surface area contributed by atoms with E-state index in [2.05, 4.69) is 15.0 Å². The van der Waals surface area contributed by atoms with Crippen molar-refractivity contribution >= 4 is 12.3 Å². The smallest absolute Gasteiger partial charge is 0.254 e. The number of nitrogens with zero attached hydrogens (tertiary/aromatic N) is 4. The number of ether oxygens (including phenoxy) is 1. The lowest BCUT2D eigenvalue weighted by Crippen LogP contribution is -2.07. The van der Waals surface area contributed by atoms with Gasteiger partial charge >= 0.3 is 0 Å². The Kier molecular flexibility index (Phi) is 3.19. The summed E-state index contributed by atoms with van der Waals surface area (Å²) in [5.41, 5.74) is 0. The van der Waals surface area contributed by atoms with E-state index >= 15 is 0 Å². The Morgan fingerprint density at radius 1 is 1.54 bits per heavy atom. The first-order valence-electron chi connectivity index (χ1n) is 3.80. The first-order valence-corrected chi connectivity index (χ1v) is 3.80. The molecule has 0 aliphatic heterocycles. The largest absolute Gasteiger partial charge is 0.481 e. The number of hydrogen-bond donors (Lipinski definition) is 0. The van der Waals surface area contributed by atoms with Crippen LogP contribution in [0, 0.1) is 0 Å². The van der Waals surface area contributed by atoms with Crippen LogP contribution in [0.1, 0.15) is 0 Å². The summed E-state index contributed by atoms with van der Waals surface area (Å²) in [5, 5.41) is 0. The minimum Gasteiger partial charge on any atom is -0.481 e. The average Bonchev–Trinajstić information content (AvgIpc) is 2.15. The van der Waals surface area contributed by atoms with Crippen molar-refractivity contribution in [3.8, 4) is 5.88 Å². The standard InChI is InChI=1S/C8H12N4O/c1-12(2)6-10-8-9-5-4-7(11-8)13-3/h4-6H,1-3H3. The van der Waals surface area contributed by atoms with E-state index < -0.39 is 0 Å². The molecule has 0 saturated carbocycles. The fourth-order valence-electron chi connectivity index (χ4n) is 0.675. The number of hydrogen-bond acceptors (Lipinski definition) is 4. The fraction of sp³-hybridized carbons (Fsp3) is 0.375. The van der Waals surface area contributed by atoms with Gasteiger partial charge in [0.15, 0.2) is 0 Å². The molecule has 5 heteroatoms. The summed E-state index contributed by atoms with van der Waals surface area (Å²) in [7, 11) is 5.31. The summed E-state index contributed by atoms with van der Waals surface area (Å²) in [6.45, 7) is 0. The molecule has 0 bridgehead atoms. The summed E-state index contributed by atoms with van der Waals surface area (Å²) in [5.74, 6) is 0.911. The maximum absolute atomic E-state index is 4.92. The zero-order chi connectivity index (χ0) is 9.68. The molecule has 0 aliphatic carbocycles. The van der Waals surface area contributed by atoms with Crippen LogP contribution >= 0.6 is 0 Å². The van der Waals surface area contributed by atoms with Gasteiger partial charge in [0.05, 0.1) is 13.4 Å². The van der Waals surface area contributed by atoms with E-state index in [-0.39, 0.29) is 0 Å². The van der Waals surface area contributed by atoms with Crippen molar-refractivity contribution in [2.75, 3.05) is 21.2 Å². The normalized spacial score (nSPS) is 10.4. The third-order valence-corrected chi connectivity index (χ3v) is 1.23. The van der Waals surface area contributed by atoms with Gasteiger partial charge in [-0.25, -0.2) is 9.98 Å². The van der Waals surface area contributed by atoms with E-state index in [9.17, 15) is 0 Å². The molecule has 13 heavy (non-hydrogen) atoms. The summed E-state index contributed by atoms with van der Waals surface area (Å²) >= 11 is 0. The van der Waals surface area contributed by atoms with Crippen molar-refractivity contribution in [3.05, 3.63) is 12.3 Å². The van der Waals surface area contributed by atoms with Gasteiger partial charge in [-0.2, -0.15) is 4.98 Å². The first-order chi connectivity index (χ1) is 6.22. The second kappa shape index (κ2) is 4.39. The lowest BCUT2D eigenvalue weighted by Gasteiger charge is -2.01. The molecule has 0 N–H and O–H groups in total. The molecule has 0 fully saturated rings. The zero-order valence-corrected chi connectivity index (χ0v) is 7.93. The molecule has 0 spiro atoms. The van der Waals surface area contributed by atoms with Crippen LogP contribution < -0.4 is 4.74 Å². The Bertz CT molecular complexity index is 298. The number of aliphatic imine (C=N–C) groups is 1. The van der Waals surface area contributed by atoms with Gasteiger partial charge in [0, 0.05) is 26.4 Å². The topological polar surface area (TPSA) is 50.6 Å². The Labute approximate surface area is 77.1 Å². The van der Waals surface area contributed by atoms with Gasteiger partial charge in [0.25, 0.3) is 5.95 Å². The molecular weight excluding hydrogens is 168 g/mol. The van der Waals surface area contributed by atoms with E-state index in [0.29, 0.717) is 11.8 Å². The maximum atomic E-state index is 4.92. The molecule has 1 aromatic rings. The monoisotopic (exact) mass is 180 g/mol. The molecule has 0 saturated heterocycles. The molecular formula is C8H12N4O. The summed E-state index contributed by atoms with van der Waals surface area (Å²) in [4.78, 5) is 13.8. The SMILES string of the molecule is COc1ccnc(N=CN(C)C)n1. The Hall–Kier alpha value is -1.65. The van der Waals surface area contributed by atoms with Crippen molar-refractivity contribution in [2.45, 2.75) is 0 Å². The Balaban J connectivity index is 2.77. The molecule has 5 nitrogen and oxygen atoms in total. The highest BCUT2D eigenvalue weighted by Crippen LogP contribution is 2.08. The molecule has 0 amide bonds. The highest BCUT2D eigenvalue weighted by Gasteiger charge is 1.94. The van der Waals surface area contributed by atoms with Crippen LogP contribution in [0.4, 0.5) is 5.95 Å². The van der Waals surface area contributed by atoms with E-state index in [4.69, 9.17) is 4.74 Å². The van der Waals surface area contributed by atoms with Crippen molar-refractivity contribution in [2.24, 2.45) is 4.99 Å². The molecule has 1 aromatic heterocycles. The van der Waals surface area contributed by atoms with Gasteiger partial charge in [0.2, 0.25) is 5.88 Å². The predicted molar refractivity (Wildman–Crippen MR) is 50.4 cm³/mol. The predicted octanol–water partition coefficient (Wildman–Crippen LogP) is 0.707. The average molecular weight is 180 g/mol. The quantitative estimate of drug-likeness (QED) is 0.507. The molecule has 0 atom stereocenters. The van der Waals surface area contributed by atoms with E-state index in [1.807, 2.05) is 19.0 Å². The lowest BCUT2D eigenvalue weighted by molar-refractivity contribution is 0.397. The Morgan fingerprint density at radius 2 is 2.31 bits per heavy atom. The minimum atomic E-state index is 0.396. The third-order valence-electron chi connectivity index (χ3n) is 1.23. The second-order valence-electron chi connectivity index (χ2n) is 2.61. The van der Waals surface area contributed by atoms with Crippen LogP contribution in [-0.2, 0) is 0 Å². The molecule has 70 valence electrons. The molecule has 0 aromatic carbocycles. The van der Waals surface area contributed by atoms with Crippen molar-refractivity contribution in [1.82, 2.24) is 14.9 Å². The van der Waals surface area contributed by atoms with Crippen LogP contribution in [-0.4, -0.2) is 42.4 Å². The van der Waals surface area contributed by atoms with Gasteiger partial charge in [-0.15, -0.1) is 0 Å². The van der Waals surface area contributed by atoms with E-state index in [1.54, 1.807) is 25.7 Å². The van der Waals surface area contributed by atoms with Crippen molar-refractivity contribution in [1.29, 1.82) is 0 Å². The summed E-state index contributed by atoms with van der Waals surface area (Å²) < 4.78 is 4.92. The van der Waals surface area contributed by atoms with E-state index in [1.165, 1.54) is 0 Å². The van der Waals surface area contributed by atoms with Gasteiger partial charge in [-0.05, 0) is 0 Å². The number of methoxy groups -OCH3 is 1. The molecule has 1 rings (SSSR count). The molecule has 0 unspecified atom stereocenters. The van der Waals surface area contributed by atoms with Crippen molar-refractivity contribution < 1.29 is 4.74 Å². The van der Waals surface area contributed by atoms with Gasteiger partial charge in [-0.1, -0.05) is 0 Å². The number of rotatable bonds is 3. The Morgan fingerprint density at radius 3 is 2.92 bits per heavy atom. The van der Waals surface area contributed by atoms with Crippen LogP contribution in [0.3, 0.4) is 0 Å². The molecule has 1 heterocycles. The fourth-order valence-corrected chi connectivity index (χ4v) is 0.675.